The molecule has 0 unspecified atom stereocenters. The van der Waals surface area contributed by atoms with Crippen molar-refractivity contribution >= 4 is 10.8 Å². The van der Waals surface area contributed by atoms with Crippen LogP contribution in [0.2, 0.25) is 0 Å². The third kappa shape index (κ3) is 1.65. The number of benzene rings is 1. The van der Waals surface area contributed by atoms with Gasteiger partial charge in [-0.25, -0.2) is 0 Å². The summed E-state index contributed by atoms with van der Waals surface area (Å²) >= 11 is 0. The second-order valence-electron chi connectivity index (χ2n) is 2.22. The Balaban J connectivity index is 0.000000605. The standard InChI is InChI=1S/C9H7N.Ir/c1-2-4-9-7-10-6-5-8(9)3-1;/h1-7H;. The molecular formula is C9H7IrN. The van der Waals surface area contributed by atoms with E-state index in [0.29, 0.717) is 0 Å². The van der Waals surface area contributed by atoms with Gasteiger partial charge in [0.05, 0.1) is 0 Å². The molecule has 2 rings (SSSR count). The molecule has 0 amide bonds. The number of pyridine rings is 1. The normalized spacial score (nSPS) is 9.09. The van der Waals surface area contributed by atoms with E-state index < -0.39 is 0 Å². The summed E-state index contributed by atoms with van der Waals surface area (Å²) in [6, 6.07) is 10.2. The van der Waals surface area contributed by atoms with Crippen molar-refractivity contribution in [1.29, 1.82) is 0 Å². The minimum Gasteiger partial charge on any atom is -0.264 e. The minimum absolute atomic E-state index is 0. The summed E-state index contributed by atoms with van der Waals surface area (Å²) in [5.74, 6) is 0. The van der Waals surface area contributed by atoms with Gasteiger partial charge in [0.25, 0.3) is 0 Å². The SMILES string of the molecule is [Ir].c1ccc2cnccc2c1. The van der Waals surface area contributed by atoms with Crippen molar-refractivity contribution in [3.05, 3.63) is 42.7 Å². The summed E-state index contributed by atoms with van der Waals surface area (Å²) in [6.45, 7) is 0. The van der Waals surface area contributed by atoms with E-state index in [4.69, 9.17) is 0 Å². The fourth-order valence-electron chi connectivity index (χ4n) is 1.03. The molecule has 1 radical (unpaired) electrons. The Bertz CT molecular complexity index is 281. The third-order valence-corrected chi connectivity index (χ3v) is 1.55. The number of aromatic nitrogens is 1. The Kier molecular flexibility index (Phi) is 2.75. The molecule has 0 aliphatic rings. The molecule has 2 heteroatoms. The first-order valence-corrected chi connectivity index (χ1v) is 3.25. The van der Waals surface area contributed by atoms with Crippen LogP contribution in [0.3, 0.4) is 0 Å². The van der Waals surface area contributed by atoms with Crippen molar-refractivity contribution in [1.82, 2.24) is 4.98 Å². The molecule has 0 aliphatic carbocycles. The summed E-state index contributed by atoms with van der Waals surface area (Å²) in [5.41, 5.74) is 0. The minimum atomic E-state index is 0. The number of hydrogen-bond acceptors (Lipinski definition) is 1. The van der Waals surface area contributed by atoms with Gasteiger partial charge in [-0.1, -0.05) is 24.3 Å². The molecule has 57 valence electrons. The Labute approximate surface area is 78.8 Å². The van der Waals surface area contributed by atoms with Gasteiger partial charge in [0.15, 0.2) is 0 Å². The molecule has 1 aromatic heterocycles. The van der Waals surface area contributed by atoms with Gasteiger partial charge in [-0.3, -0.25) is 4.98 Å². The quantitative estimate of drug-likeness (QED) is 0.725. The van der Waals surface area contributed by atoms with Crippen LogP contribution >= 0.6 is 0 Å². The van der Waals surface area contributed by atoms with Crippen LogP contribution in [-0.2, 0) is 20.1 Å². The van der Waals surface area contributed by atoms with E-state index in [0.717, 1.165) is 0 Å². The van der Waals surface area contributed by atoms with Crippen LogP contribution in [0.4, 0.5) is 0 Å². The Morgan fingerprint density at radius 3 is 2.36 bits per heavy atom. The zero-order chi connectivity index (χ0) is 6.81. The van der Waals surface area contributed by atoms with Gasteiger partial charge < -0.3 is 0 Å². The molecule has 0 saturated carbocycles. The van der Waals surface area contributed by atoms with E-state index in [2.05, 4.69) is 17.1 Å². The van der Waals surface area contributed by atoms with Crippen LogP contribution in [0.1, 0.15) is 0 Å². The van der Waals surface area contributed by atoms with E-state index >= 15 is 0 Å². The average molecular weight is 321 g/mol. The van der Waals surface area contributed by atoms with E-state index in [1.807, 2.05) is 30.6 Å². The number of fused-ring (bicyclic) bond motifs is 1. The zero-order valence-electron chi connectivity index (χ0n) is 5.82. The van der Waals surface area contributed by atoms with Crippen molar-refractivity contribution in [3.63, 3.8) is 0 Å². The number of hydrogen-bond donors (Lipinski definition) is 0. The maximum Gasteiger partial charge on any atom is 0.0346 e. The Morgan fingerprint density at radius 2 is 1.64 bits per heavy atom. The van der Waals surface area contributed by atoms with Gasteiger partial charge in [0.2, 0.25) is 0 Å². The summed E-state index contributed by atoms with van der Waals surface area (Å²) in [6.07, 6.45) is 3.68. The molecule has 1 heterocycles. The van der Waals surface area contributed by atoms with E-state index in [1.54, 1.807) is 0 Å². The first-order chi connectivity index (χ1) is 4.97. The maximum atomic E-state index is 4.01. The second-order valence-corrected chi connectivity index (χ2v) is 2.22. The van der Waals surface area contributed by atoms with Crippen LogP contribution < -0.4 is 0 Å². The molecule has 0 atom stereocenters. The Morgan fingerprint density at radius 1 is 0.909 bits per heavy atom. The third-order valence-electron chi connectivity index (χ3n) is 1.55. The summed E-state index contributed by atoms with van der Waals surface area (Å²) < 4.78 is 0. The first-order valence-electron chi connectivity index (χ1n) is 3.25. The largest absolute Gasteiger partial charge is 0.264 e. The molecule has 11 heavy (non-hydrogen) atoms. The van der Waals surface area contributed by atoms with Crippen molar-refractivity contribution < 1.29 is 20.1 Å². The van der Waals surface area contributed by atoms with E-state index in [-0.39, 0.29) is 20.1 Å². The van der Waals surface area contributed by atoms with Gasteiger partial charge in [0, 0.05) is 32.5 Å². The molecule has 0 fully saturated rings. The van der Waals surface area contributed by atoms with E-state index in [9.17, 15) is 0 Å². The molecule has 0 spiro atoms. The number of nitrogens with zero attached hydrogens (tertiary/aromatic N) is 1. The molecule has 0 aliphatic heterocycles. The molecule has 1 aromatic carbocycles. The molecule has 0 N–H and O–H groups in total. The van der Waals surface area contributed by atoms with Crippen LogP contribution in [0, 0.1) is 0 Å². The van der Waals surface area contributed by atoms with Crippen LogP contribution in [0.5, 0.6) is 0 Å². The van der Waals surface area contributed by atoms with Crippen LogP contribution in [0.15, 0.2) is 42.7 Å². The smallest absolute Gasteiger partial charge is 0.0346 e. The molecule has 1 nitrogen and oxygen atoms in total. The van der Waals surface area contributed by atoms with Crippen LogP contribution in [-0.4, -0.2) is 4.98 Å². The summed E-state index contributed by atoms with van der Waals surface area (Å²) in [5, 5.41) is 2.45. The molecule has 2 aromatic rings. The predicted molar refractivity (Wildman–Crippen MR) is 41.7 cm³/mol. The molecule has 0 saturated heterocycles. The van der Waals surface area contributed by atoms with Crippen molar-refractivity contribution in [2.24, 2.45) is 0 Å². The molecule has 0 bridgehead atoms. The topological polar surface area (TPSA) is 12.9 Å². The van der Waals surface area contributed by atoms with Crippen molar-refractivity contribution in [2.75, 3.05) is 0 Å². The first kappa shape index (κ1) is 8.38. The summed E-state index contributed by atoms with van der Waals surface area (Å²) in [4.78, 5) is 4.01. The maximum absolute atomic E-state index is 4.01. The van der Waals surface area contributed by atoms with Gasteiger partial charge >= 0.3 is 0 Å². The van der Waals surface area contributed by atoms with Crippen molar-refractivity contribution in [2.45, 2.75) is 0 Å². The number of rotatable bonds is 0. The average Bonchev–Trinajstić information content (AvgIpc) is 2.05. The van der Waals surface area contributed by atoms with Gasteiger partial charge in [-0.2, -0.15) is 0 Å². The predicted octanol–water partition coefficient (Wildman–Crippen LogP) is 2.23. The fraction of sp³-hybridized carbons (Fsp3) is 0. The van der Waals surface area contributed by atoms with Crippen LogP contribution in [0.25, 0.3) is 10.8 Å². The molecular weight excluding hydrogens is 314 g/mol. The Hall–Kier alpha value is -0.721. The van der Waals surface area contributed by atoms with Gasteiger partial charge in [-0.15, -0.1) is 0 Å². The second kappa shape index (κ2) is 3.61. The monoisotopic (exact) mass is 322 g/mol. The summed E-state index contributed by atoms with van der Waals surface area (Å²) in [7, 11) is 0. The van der Waals surface area contributed by atoms with Gasteiger partial charge in [0.1, 0.15) is 0 Å². The fourth-order valence-corrected chi connectivity index (χ4v) is 1.03. The van der Waals surface area contributed by atoms with Crippen molar-refractivity contribution in [3.8, 4) is 0 Å². The zero-order valence-corrected chi connectivity index (χ0v) is 8.22. The van der Waals surface area contributed by atoms with Gasteiger partial charge in [-0.05, 0) is 16.8 Å². The van der Waals surface area contributed by atoms with E-state index in [1.165, 1.54) is 10.8 Å².